The summed E-state index contributed by atoms with van der Waals surface area (Å²) >= 11 is 3.45. The number of nitrogens with zero attached hydrogens (tertiary/aromatic N) is 2. The van der Waals surface area contributed by atoms with E-state index in [2.05, 4.69) is 32.4 Å². The maximum absolute atomic E-state index is 4.25. The minimum atomic E-state index is 0.663. The Kier molecular flexibility index (Phi) is 3.12. The van der Waals surface area contributed by atoms with Crippen LogP contribution in [0.3, 0.4) is 0 Å². The number of imidazole rings is 1. The molecule has 0 aliphatic rings. The molecule has 0 aliphatic carbocycles. The minimum absolute atomic E-state index is 0.663. The summed E-state index contributed by atoms with van der Waals surface area (Å²) in [7, 11) is 2.03. The first kappa shape index (κ1) is 8.78. The lowest BCUT2D eigenvalue weighted by molar-refractivity contribution is 0.614. The van der Waals surface area contributed by atoms with Gasteiger partial charge in [0.1, 0.15) is 5.82 Å². The maximum Gasteiger partial charge on any atom is 0.108 e. The molecular weight excluding hydrogens is 204 g/mol. The van der Waals surface area contributed by atoms with Gasteiger partial charge in [0.25, 0.3) is 0 Å². The van der Waals surface area contributed by atoms with E-state index < -0.39 is 0 Å². The molecule has 0 bridgehead atoms. The number of rotatable bonds is 3. The number of hydrogen-bond donors (Lipinski definition) is 0. The highest BCUT2D eigenvalue weighted by Crippen LogP contribution is 2.07. The van der Waals surface area contributed by atoms with E-state index in [1.54, 1.807) is 0 Å². The Morgan fingerprint density at radius 2 is 2.45 bits per heavy atom. The highest BCUT2D eigenvalue weighted by Gasteiger charge is 2.04. The lowest BCUT2D eigenvalue weighted by Crippen LogP contribution is -2.06. The van der Waals surface area contributed by atoms with Crippen molar-refractivity contribution in [1.82, 2.24) is 9.55 Å². The van der Waals surface area contributed by atoms with Gasteiger partial charge in [-0.3, -0.25) is 0 Å². The van der Waals surface area contributed by atoms with Gasteiger partial charge in [-0.1, -0.05) is 22.9 Å². The second kappa shape index (κ2) is 3.90. The van der Waals surface area contributed by atoms with Crippen LogP contribution in [0.15, 0.2) is 12.4 Å². The third kappa shape index (κ3) is 2.33. The number of hydrogen-bond acceptors (Lipinski definition) is 1. The van der Waals surface area contributed by atoms with Crippen molar-refractivity contribution in [3.8, 4) is 0 Å². The van der Waals surface area contributed by atoms with E-state index in [1.165, 1.54) is 0 Å². The van der Waals surface area contributed by atoms with Crippen LogP contribution in [0.2, 0.25) is 0 Å². The highest BCUT2D eigenvalue weighted by molar-refractivity contribution is 9.09. The summed E-state index contributed by atoms with van der Waals surface area (Å²) in [6, 6.07) is 0. The topological polar surface area (TPSA) is 17.8 Å². The Morgan fingerprint density at radius 3 is 2.91 bits per heavy atom. The SMILES string of the molecule is CC(CBr)Cc1nccn1C. The molecule has 0 spiro atoms. The second-order valence-corrected chi connectivity index (χ2v) is 3.57. The van der Waals surface area contributed by atoms with Gasteiger partial charge in [0.2, 0.25) is 0 Å². The molecule has 0 aliphatic heterocycles. The first-order chi connectivity index (χ1) is 5.24. The van der Waals surface area contributed by atoms with Gasteiger partial charge in [0.05, 0.1) is 0 Å². The fourth-order valence-corrected chi connectivity index (χ4v) is 1.19. The minimum Gasteiger partial charge on any atom is -0.338 e. The normalized spacial score (nSPS) is 13.4. The van der Waals surface area contributed by atoms with E-state index in [-0.39, 0.29) is 0 Å². The lowest BCUT2D eigenvalue weighted by atomic mass is 10.1. The molecule has 0 saturated heterocycles. The molecule has 0 fully saturated rings. The summed E-state index contributed by atoms with van der Waals surface area (Å²) in [5, 5.41) is 1.04. The van der Waals surface area contributed by atoms with Gasteiger partial charge in [-0.15, -0.1) is 0 Å². The van der Waals surface area contributed by atoms with Crippen LogP contribution in [-0.4, -0.2) is 14.9 Å². The van der Waals surface area contributed by atoms with Gasteiger partial charge in [0, 0.05) is 31.2 Å². The number of alkyl halides is 1. The third-order valence-corrected chi connectivity index (χ3v) is 2.82. The van der Waals surface area contributed by atoms with Gasteiger partial charge < -0.3 is 4.57 Å². The smallest absolute Gasteiger partial charge is 0.108 e. The van der Waals surface area contributed by atoms with Crippen molar-refractivity contribution in [2.45, 2.75) is 13.3 Å². The predicted octanol–water partition coefficient (Wildman–Crippen LogP) is 1.99. The standard InChI is InChI=1S/C8H13BrN2/c1-7(6-9)5-8-10-3-4-11(8)2/h3-4,7H,5-6H2,1-2H3. The monoisotopic (exact) mass is 216 g/mol. The fraction of sp³-hybridized carbons (Fsp3) is 0.625. The highest BCUT2D eigenvalue weighted by atomic mass is 79.9. The number of aromatic nitrogens is 2. The molecule has 2 nitrogen and oxygen atoms in total. The van der Waals surface area contributed by atoms with Crippen LogP contribution in [0.25, 0.3) is 0 Å². The molecule has 1 atom stereocenters. The van der Waals surface area contributed by atoms with Gasteiger partial charge in [-0.25, -0.2) is 4.98 Å². The summed E-state index contributed by atoms with van der Waals surface area (Å²) < 4.78 is 2.07. The zero-order valence-electron chi connectivity index (χ0n) is 6.92. The van der Waals surface area contributed by atoms with Gasteiger partial charge in [-0.05, 0) is 5.92 Å². The van der Waals surface area contributed by atoms with Gasteiger partial charge >= 0.3 is 0 Å². The van der Waals surface area contributed by atoms with Crippen LogP contribution in [0.5, 0.6) is 0 Å². The van der Waals surface area contributed by atoms with E-state index in [4.69, 9.17) is 0 Å². The van der Waals surface area contributed by atoms with Crippen molar-refractivity contribution in [3.05, 3.63) is 18.2 Å². The molecule has 11 heavy (non-hydrogen) atoms. The van der Waals surface area contributed by atoms with E-state index in [9.17, 15) is 0 Å². The Bertz CT molecular complexity index is 220. The molecule has 1 aromatic rings. The van der Waals surface area contributed by atoms with Crippen molar-refractivity contribution in [3.63, 3.8) is 0 Å². The molecule has 1 aromatic heterocycles. The molecule has 1 rings (SSSR count). The zero-order valence-corrected chi connectivity index (χ0v) is 8.50. The van der Waals surface area contributed by atoms with E-state index >= 15 is 0 Å². The first-order valence-electron chi connectivity index (χ1n) is 3.76. The quantitative estimate of drug-likeness (QED) is 0.708. The number of halogens is 1. The number of aryl methyl sites for hydroxylation is 1. The Balaban J connectivity index is 2.56. The first-order valence-corrected chi connectivity index (χ1v) is 4.88. The average Bonchev–Trinajstić information content (AvgIpc) is 2.37. The molecule has 1 heterocycles. The van der Waals surface area contributed by atoms with Gasteiger partial charge in [-0.2, -0.15) is 0 Å². The molecular formula is C8H13BrN2. The molecule has 0 aromatic carbocycles. The molecule has 0 radical (unpaired) electrons. The van der Waals surface area contributed by atoms with Crippen LogP contribution in [0.4, 0.5) is 0 Å². The lowest BCUT2D eigenvalue weighted by Gasteiger charge is -2.06. The summed E-state index contributed by atoms with van der Waals surface area (Å²) in [5.41, 5.74) is 0. The zero-order chi connectivity index (χ0) is 8.27. The van der Waals surface area contributed by atoms with Crippen LogP contribution in [0, 0.1) is 5.92 Å². The Hall–Kier alpha value is -0.310. The molecule has 3 heteroatoms. The molecule has 0 N–H and O–H groups in total. The van der Waals surface area contributed by atoms with Crippen molar-refractivity contribution < 1.29 is 0 Å². The fourth-order valence-electron chi connectivity index (χ4n) is 0.959. The van der Waals surface area contributed by atoms with Crippen molar-refractivity contribution in [2.75, 3.05) is 5.33 Å². The second-order valence-electron chi connectivity index (χ2n) is 2.92. The molecule has 62 valence electrons. The summed E-state index contributed by atoms with van der Waals surface area (Å²) in [5.74, 6) is 1.83. The van der Waals surface area contributed by atoms with E-state index in [1.807, 2.05) is 19.4 Å². The van der Waals surface area contributed by atoms with E-state index in [0.717, 1.165) is 17.6 Å². The van der Waals surface area contributed by atoms with Crippen molar-refractivity contribution >= 4 is 15.9 Å². The average molecular weight is 217 g/mol. The maximum atomic E-state index is 4.25. The largest absolute Gasteiger partial charge is 0.338 e. The van der Waals surface area contributed by atoms with Crippen molar-refractivity contribution in [1.29, 1.82) is 0 Å². The van der Waals surface area contributed by atoms with Gasteiger partial charge in [0.15, 0.2) is 0 Å². The predicted molar refractivity (Wildman–Crippen MR) is 49.9 cm³/mol. The third-order valence-electron chi connectivity index (χ3n) is 1.72. The van der Waals surface area contributed by atoms with Crippen LogP contribution < -0.4 is 0 Å². The molecule has 1 unspecified atom stereocenters. The van der Waals surface area contributed by atoms with E-state index in [0.29, 0.717) is 5.92 Å². The van der Waals surface area contributed by atoms with Crippen LogP contribution >= 0.6 is 15.9 Å². The van der Waals surface area contributed by atoms with Crippen LogP contribution in [0.1, 0.15) is 12.7 Å². The molecule has 0 amide bonds. The summed E-state index contributed by atoms with van der Waals surface area (Å²) in [4.78, 5) is 4.25. The van der Waals surface area contributed by atoms with Crippen LogP contribution in [-0.2, 0) is 13.5 Å². The Labute approximate surface area is 75.8 Å². The summed E-state index contributed by atoms with van der Waals surface area (Å²) in [6.07, 6.45) is 4.88. The molecule has 0 saturated carbocycles. The summed E-state index contributed by atoms with van der Waals surface area (Å²) in [6.45, 7) is 2.21. The van der Waals surface area contributed by atoms with Crippen molar-refractivity contribution in [2.24, 2.45) is 13.0 Å². The Morgan fingerprint density at radius 1 is 1.73 bits per heavy atom.